The van der Waals surface area contributed by atoms with Gasteiger partial charge in [-0.2, -0.15) is 0 Å². The molecule has 0 aromatic heterocycles. The van der Waals surface area contributed by atoms with Gasteiger partial charge in [-0.25, -0.2) is 4.79 Å². The van der Waals surface area contributed by atoms with Crippen molar-refractivity contribution in [1.29, 1.82) is 0 Å². The normalized spacial score (nSPS) is 10.4. The number of ether oxygens (including phenoxy) is 2. The number of methoxy groups -OCH3 is 1. The first-order valence-electron chi connectivity index (χ1n) is 7.33. The van der Waals surface area contributed by atoms with Gasteiger partial charge in [0.1, 0.15) is 12.4 Å². The fraction of sp³-hybridized carbons (Fsp3) is 0.105. The summed E-state index contributed by atoms with van der Waals surface area (Å²) in [4.78, 5) is 33.8. The lowest BCUT2D eigenvalue weighted by Gasteiger charge is -2.06. The van der Waals surface area contributed by atoms with Crippen LogP contribution < -0.4 is 9.84 Å². The molecule has 0 bridgehead atoms. The highest BCUT2D eigenvalue weighted by atomic mass is 16.5. The number of carbonyl (C=O) groups excluding carboxylic acids is 3. The van der Waals surface area contributed by atoms with Gasteiger partial charge in [0.05, 0.1) is 18.6 Å². The maximum Gasteiger partial charge on any atom is 0.337 e. The molecule has 0 N–H and O–H groups in total. The molecule has 0 atom stereocenters. The van der Waals surface area contributed by atoms with Gasteiger partial charge in [-0.05, 0) is 48.0 Å². The number of hydrogen-bond acceptors (Lipinski definition) is 6. The van der Waals surface area contributed by atoms with Gasteiger partial charge in [0, 0.05) is 5.56 Å². The van der Waals surface area contributed by atoms with Crippen molar-refractivity contribution in [1.82, 2.24) is 0 Å². The number of hydrogen-bond donors (Lipinski definition) is 0. The van der Waals surface area contributed by atoms with Crippen LogP contribution in [0.15, 0.2) is 54.6 Å². The summed E-state index contributed by atoms with van der Waals surface area (Å²) in [5.74, 6) is -1.62. The Morgan fingerprint density at radius 2 is 1.56 bits per heavy atom. The molecular weight excluding hydrogens is 324 g/mol. The first-order chi connectivity index (χ1) is 12.0. The minimum absolute atomic E-state index is 0.219. The zero-order valence-corrected chi connectivity index (χ0v) is 13.4. The Kier molecular flexibility index (Phi) is 6.06. The molecule has 0 radical (unpaired) electrons. The first-order valence-corrected chi connectivity index (χ1v) is 7.33. The van der Waals surface area contributed by atoms with Crippen LogP contribution in [-0.4, -0.2) is 31.4 Å². The number of allylic oxidation sites excluding steroid dienone is 1. The van der Waals surface area contributed by atoms with Crippen LogP contribution in [0.4, 0.5) is 0 Å². The Hall–Kier alpha value is -3.41. The van der Waals surface area contributed by atoms with Gasteiger partial charge in [0.15, 0.2) is 5.78 Å². The van der Waals surface area contributed by atoms with Crippen LogP contribution >= 0.6 is 0 Å². The van der Waals surface area contributed by atoms with Gasteiger partial charge < -0.3 is 19.4 Å². The molecule has 0 aliphatic rings. The SMILES string of the molecule is COC(=O)c1ccc(/C=C/C(=O)c2ccc(OCC(=O)[O-])cc2)cc1. The number of ketones is 1. The lowest BCUT2D eigenvalue weighted by atomic mass is 10.1. The van der Waals surface area contributed by atoms with Crippen molar-refractivity contribution < 1.29 is 29.0 Å². The van der Waals surface area contributed by atoms with E-state index in [9.17, 15) is 19.5 Å². The fourth-order valence-corrected chi connectivity index (χ4v) is 1.97. The summed E-state index contributed by atoms with van der Waals surface area (Å²) in [6.45, 7) is -0.547. The number of esters is 1. The molecule has 0 aliphatic carbocycles. The smallest absolute Gasteiger partial charge is 0.337 e. The van der Waals surface area contributed by atoms with E-state index in [-0.39, 0.29) is 5.78 Å². The summed E-state index contributed by atoms with van der Waals surface area (Å²) in [5, 5.41) is 10.3. The second kappa shape index (κ2) is 8.44. The van der Waals surface area contributed by atoms with E-state index in [1.165, 1.54) is 37.5 Å². The van der Waals surface area contributed by atoms with Crippen LogP contribution in [0.3, 0.4) is 0 Å². The van der Waals surface area contributed by atoms with Crippen LogP contribution in [0.5, 0.6) is 5.75 Å². The van der Waals surface area contributed by atoms with Crippen molar-refractivity contribution in [2.45, 2.75) is 0 Å². The maximum absolute atomic E-state index is 12.1. The molecule has 2 aromatic rings. The fourth-order valence-electron chi connectivity index (χ4n) is 1.97. The number of aliphatic carboxylic acids is 1. The molecular formula is C19H15O6-. The van der Waals surface area contributed by atoms with E-state index in [1.807, 2.05) is 0 Å². The molecule has 25 heavy (non-hydrogen) atoms. The van der Waals surface area contributed by atoms with Crippen molar-refractivity contribution in [3.05, 3.63) is 71.3 Å². The van der Waals surface area contributed by atoms with Crippen molar-refractivity contribution in [3.63, 3.8) is 0 Å². The van der Waals surface area contributed by atoms with Crippen molar-refractivity contribution >= 4 is 23.8 Å². The summed E-state index contributed by atoms with van der Waals surface area (Å²) in [6, 6.07) is 12.7. The largest absolute Gasteiger partial charge is 0.546 e. The lowest BCUT2D eigenvalue weighted by molar-refractivity contribution is -0.307. The second-order valence-corrected chi connectivity index (χ2v) is 5.00. The number of benzene rings is 2. The highest BCUT2D eigenvalue weighted by molar-refractivity contribution is 6.06. The van der Waals surface area contributed by atoms with Crippen molar-refractivity contribution in [3.8, 4) is 5.75 Å². The van der Waals surface area contributed by atoms with E-state index in [1.54, 1.807) is 30.3 Å². The molecule has 128 valence electrons. The minimum atomic E-state index is -1.32. The monoisotopic (exact) mass is 339 g/mol. The van der Waals surface area contributed by atoms with Crippen molar-refractivity contribution in [2.75, 3.05) is 13.7 Å². The van der Waals surface area contributed by atoms with E-state index < -0.39 is 18.5 Å². The molecule has 2 aromatic carbocycles. The molecule has 0 saturated heterocycles. The van der Waals surface area contributed by atoms with Gasteiger partial charge in [-0.3, -0.25) is 4.79 Å². The third-order valence-corrected chi connectivity index (χ3v) is 3.25. The Labute approximate surface area is 144 Å². The third-order valence-electron chi connectivity index (χ3n) is 3.25. The van der Waals surface area contributed by atoms with E-state index in [0.717, 1.165) is 5.56 Å². The topological polar surface area (TPSA) is 92.7 Å². The van der Waals surface area contributed by atoms with Crippen LogP contribution in [0, 0.1) is 0 Å². The molecule has 0 heterocycles. The maximum atomic E-state index is 12.1. The van der Waals surface area contributed by atoms with Crippen LogP contribution in [0.1, 0.15) is 26.3 Å². The predicted molar refractivity (Wildman–Crippen MR) is 88.1 cm³/mol. The molecule has 0 spiro atoms. The van der Waals surface area contributed by atoms with Gasteiger partial charge in [0.2, 0.25) is 0 Å². The van der Waals surface area contributed by atoms with E-state index in [0.29, 0.717) is 16.9 Å². The molecule has 2 rings (SSSR count). The molecule has 0 unspecified atom stereocenters. The van der Waals surface area contributed by atoms with E-state index in [4.69, 9.17) is 4.74 Å². The van der Waals surface area contributed by atoms with Gasteiger partial charge >= 0.3 is 5.97 Å². The summed E-state index contributed by atoms with van der Waals surface area (Å²) < 4.78 is 9.56. The van der Waals surface area contributed by atoms with Crippen molar-refractivity contribution in [2.24, 2.45) is 0 Å². The summed E-state index contributed by atoms with van der Waals surface area (Å²) in [6.07, 6.45) is 3.04. The Morgan fingerprint density at radius 1 is 0.960 bits per heavy atom. The van der Waals surface area contributed by atoms with Gasteiger partial charge in [-0.15, -0.1) is 0 Å². The number of rotatable bonds is 7. The Balaban J connectivity index is 2.00. The van der Waals surface area contributed by atoms with E-state index >= 15 is 0 Å². The van der Waals surface area contributed by atoms with Crippen LogP contribution in [0.2, 0.25) is 0 Å². The summed E-state index contributed by atoms with van der Waals surface area (Å²) in [5.41, 5.74) is 1.62. The molecule has 6 heteroatoms. The molecule has 0 aliphatic heterocycles. The zero-order chi connectivity index (χ0) is 18.2. The summed E-state index contributed by atoms with van der Waals surface area (Å²) >= 11 is 0. The number of carboxylic acids is 1. The lowest BCUT2D eigenvalue weighted by Crippen LogP contribution is -2.28. The standard InChI is InChI=1S/C19H16O6/c1-24-19(23)15-5-2-13(3-6-15)4-11-17(20)14-7-9-16(10-8-14)25-12-18(21)22/h2-11H,12H2,1H3,(H,21,22)/p-1/b11-4+. The zero-order valence-electron chi connectivity index (χ0n) is 13.4. The average Bonchev–Trinajstić information content (AvgIpc) is 2.64. The molecule has 0 saturated carbocycles. The Morgan fingerprint density at radius 3 is 2.12 bits per heavy atom. The molecule has 0 fully saturated rings. The highest BCUT2D eigenvalue weighted by Gasteiger charge is 2.05. The number of carboxylic acid groups (broad SMARTS) is 1. The van der Waals surface area contributed by atoms with Gasteiger partial charge in [0.25, 0.3) is 0 Å². The van der Waals surface area contributed by atoms with Gasteiger partial charge in [-0.1, -0.05) is 18.2 Å². The average molecular weight is 339 g/mol. The second-order valence-electron chi connectivity index (χ2n) is 5.00. The minimum Gasteiger partial charge on any atom is -0.546 e. The quantitative estimate of drug-likeness (QED) is 0.431. The van der Waals surface area contributed by atoms with E-state index in [2.05, 4.69) is 4.74 Å². The highest BCUT2D eigenvalue weighted by Crippen LogP contribution is 2.14. The first kappa shape index (κ1) is 17.9. The third kappa shape index (κ3) is 5.31. The molecule has 6 nitrogen and oxygen atoms in total. The number of carbonyl (C=O) groups is 3. The van der Waals surface area contributed by atoms with Crippen LogP contribution in [0.25, 0.3) is 6.08 Å². The summed E-state index contributed by atoms with van der Waals surface area (Å²) in [7, 11) is 1.31. The van der Waals surface area contributed by atoms with Crippen LogP contribution in [-0.2, 0) is 9.53 Å². The predicted octanol–water partition coefficient (Wildman–Crippen LogP) is 1.50. The Bertz CT molecular complexity index is 788. The molecule has 0 amide bonds.